The van der Waals surface area contributed by atoms with Crippen LogP contribution in [-0.4, -0.2) is 16.1 Å². The summed E-state index contributed by atoms with van der Waals surface area (Å²) >= 11 is 0. The Morgan fingerprint density at radius 1 is 0.950 bits per heavy atom. The van der Waals surface area contributed by atoms with Crippen molar-refractivity contribution in [1.82, 2.24) is 4.98 Å². The molecule has 0 aliphatic rings. The molecule has 0 saturated heterocycles. The first kappa shape index (κ1) is 12.2. The van der Waals surface area contributed by atoms with Crippen LogP contribution in [0, 0.1) is 0 Å². The lowest BCUT2D eigenvalue weighted by molar-refractivity contribution is 0.0699. The third-order valence-electron chi connectivity index (χ3n) is 2.96. The molecule has 1 heterocycles. The first-order valence-corrected chi connectivity index (χ1v) is 6.09. The van der Waals surface area contributed by atoms with Crippen LogP contribution in [0.25, 0.3) is 10.8 Å². The molecule has 1 aromatic heterocycles. The van der Waals surface area contributed by atoms with Crippen molar-refractivity contribution in [2.75, 3.05) is 0 Å². The predicted molar refractivity (Wildman–Crippen MR) is 75.2 cm³/mol. The third kappa shape index (κ3) is 2.19. The molecule has 98 valence electrons. The molecule has 3 aromatic rings. The van der Waals surface area contributed by atoms with E-state index >= 15 is 0 Å². The van der Waals surface area contributed by atoms with E-state index in [1.54, 1.807) is 30.5 Å². The number of aromatic nitrogens is 1. The number of fused-ring (bicyclic) bond motifs is 1. The highest BCUT2D eigenvalue weighted by atomic mass is 16.5. The van der Waals surface area contributed by atoms with Gasteiger partial charge in [0, 0.05) is 17.0 Å². The summed E-state index contributed by atoms with van der Waals surface area (Å²) in [7, 11) is 0. The van der Waals surface area contributed by atoms with Gasteiger partial charge < -0.3 is 9.84 Å². The van der Waals surface area contributed by atoms with Crippen molar-refractivity contribution in [2.45, 2.75) is 0 Å². The molecule has 2 aromatic carbocycles. The number of para-hydroxylation sites is 1. The van der Waals surface area contributed by atoms with Gasteiger partial charge in [0.05, 0.1) is 5.56 Å². The van der Waals surface area contributed by atoms with E-state index in [4.69, 9.17) is 4.74 Å². The van der Waals surface area contributed by atoms with Gasteiger partial charge in [-0.3, -0.25) is 0 Å². The number of pyridine rings is 1. The highest BCUT2D eigenvalue weighted by Gasteiger charge is 2.11. The number of hydrogen-bond acceptors (Lipinski definition) is 3. The Balaban J connectivity index is 2.13. The molecule has 4 heteroatoms. The van der Waals surface area contributed by atoms with E-state index < -0.39 is 5.97 Å². The molecular weight excluding hydrogens is 254 g/mol. The van der Waals surface area contributed by atoms with Crippen molar-refractivity contribution in [1.29, 1.82) is 0 Å². The fourth-order valence-electron chi connectivity index (χ4n) is 2.05. The van der Waals surface area contributed by atoms with Crippen LogP contribution in [-0.2, 0) is 0 Å². The summed E-state index contributed by atoms with van der Waals surface area (Å²) in [5.74, 6) is 0.0949. The number of hydrogen-bond donors (Lipinski definition) is 1. The van der Waals surface area contributed by atoms with Gasteiger partial charge in [-0.25, -0.2) is 9.78 Å². The number of ether oxygens (including phenoxy) is 1. The van der Waals surface area contributed by atoms with Crippen LogP contribution in [0.4, 0.5) is 0 Å². The Morgan fingerprint density at radius 3 is 2.50 bits per heavy atom. The molecule has 0 unspecified atom stereocenters. The van der Waals surface area contributed by atoms with Gasteiger partial charge in [-0.15, -0.1) is 0 Å². The molecule has 0 atom stereocenters. The second-order valence-corrected chi connectivity index (χ2v) is 4.24. The zero-order valence-electron chi connectivity index (χ0n) is 10.5. The average Bonchev–Trinajstić information content (AvgIpc) is 2.48. The van der Waals surface area contributed by atoms with Crippen LogP contribution in [0.15, 0.2) is 60.8 Å². The number of carboxylic acids is 1. The predicted octanol–water partition coefficient (Wildman–Crippen LogP) is 3.73. The van der Waals surface area contributed by atoms with Gasteiger partial charge in [-0.1, -0.05) is 24.3 Å². The molecule has 3 rings (SSSR count). The third-order valence-corrected chi connectivity index (χ3v) is 2.96. The molecule has 0 spiro atoms. The summed E-state index contributed by atoms with van der Waals surface area (Å²) in [6.07, 6.45) is 1.55. The van der Waals surface area contributed by atoms with Crippen LogP contribution in [0.3, 0.4) is 0 Å². The van der Waals surface area contributed by atoms with Crippen molar-refractivity contribution in [3.05, 3.63) is 66.4 Å². The van der Waals surface area contributed by atoms with Gasteiger partial charge in [-0.2, -0.15) is 0 Å². The summed E-state index contributed by atoms with van der Waals surface area (Å²) in [4.78, 5) is 15.4. The maximum atomic E-state index is 11.2. The van der Waals surface area contributed by atoms with E-state index in [2.05, 4.69) is 4.98 Å². The van der Waals surface area contributed by atoms with Gasteiger partial charge in [-0.05, 0) is 30.3 Å². The summed E-state index contributed by atoms with van der Waals surface area (Å²) in [5, 5.41) is 10.5. The molecule has 0 saturated carbocycles. The maximum Gasteiger partial charge on any atom is 0.336 e. The molecule has 0 bridgehead atoms. The Labute approximate surface area is 115 Å². The van der Waals surface area contributed by atoms with Crippen molar-refractivity contribution >= 4 is 16.7 Å². The number of aromatic carboxylic acids is 1. The van der Waals surface area contributed by atoms with Crippen molar-refractivity contribution in [3.8, 4) is 11.6 Å². The van der Waals surface area contributed by atoms with E-state index in [-0.39, 0.29) is 5.56 Å². The van der Waals surface area contributed by atoms with E-state index in [1.807, 2.05) is 30.3 Å². The molecule has 0 radical (unpaired) electrons. The van der Waals surface area contributed by atoms with Crippen LogP contribution >= 0.6 is 0 Å². The molecule has 20 heavy (non-hydrogen) atoms. The quantitative estimate of drug-likeness (QED) is 0.784. The zero-order chi connectivity index (χ0) is 13.9. The number of nitrogens with zero attached hydrogens (tertiary/aromatic N) is 1. The normalized spacial score (nSPS) is 10.4. The lowest BCUT2D eigenvalue weighted by atomic mass is 10.1. The highest BCUT2D eigenvalue weighted by molar-refractivity contribution is 6.04. The number of rotatable bonds is 3. The minimum absolute atomic E-state index is 0.239. The van der Waals surface area contributed by atoms with Gasteiger partial charge in [0.2, 0.25) is 5.88 Å². The van der Waals surface area contributed by atoms with Gasteiger partial charge in [0.25, 0.3) is 0 Å². The first-order valence-electron chi connectivity index (χ1n) is 6.09. The number of benzene rings is 2. The standard InChI is InChI=1S/C16H11NO3/c18-16(19)14-8-4-7-13-12(14)9-10-17-15(13)20-11-5-2-1-3-6-11/h1-10H,(H,18,19). The lowest BCUT2D eigenvalue weighted by Gasteiger charge is -2.08. The lowest BCUT2D eigenvalue weighted by Crippen LogP contribution is -1.98. The van der Waals surface area contributed by atoms with Crippen molar-refractivity contribution < 1.29 is 14.6 Å². The maximum absolute atomic E-state index is 11.2. The van der Waals surface area contributed by atoms with E-state index in [9.17, 15) is 9.90 Å². The summed E-state index contributed by atoms with van der Waals surface area (Å²) in [6, 6.07) is 16.0. The van der Waals surface area contributed by atoms with Crippen LogP contribution in [0.5, 0.6) is 11.6 Å². The van der Waals surface area contributed by atoms with E-state index in [0.717, 1.165) is 0 Å². The molecule has 0 aliphatic heterocycles. The Kier molecular flexibility index (Phi) is 3.05. The Morgan fingerprint density at radius 2 is 1.75 bits per heavy atom. The van der Waals surface area contributed by atoms with Crippen LogP contribution < -0.4 is 4.74 Å². The fraction of sp³-hybridized carbons (Fsp3) is 0. The molecule has 0 fully saturated rings. The van der Waals surface area contributed by atoms with E-state index in [0.29, 0.717) is 22.4 Å². The number of carbonyl (C=O) groups is 1. The molecular formula is C16H11NO3. The first-order chi connectivity index (χ1) is 9.75. The van der Waals surface area contributed by atoms with Crippen LogP contribution in [0.2, 0.25) is 0 Å². The van der Waals surface area contributed by atoms with Gasteiger partial charge in [0.15, 0.2) is 0 Å². The summed E-state index contributed by atoms with van der Waals surface area (Å²) in [5.41, 5.74) is 0.239. The topological polar surface area (TPSA) is 59.4 Å². The largest absolute Gasteiger partial charge is 0.478 e. The molecule has 0 amide bonds. The SMILES string of the molecule is O=C(O)c1cccc2c(Oc3ccccc3)nccc12. The Bertz CT molecular complexity index is 769. The molecule has 0 aliphatic carbocycles. The summed E-state index contributed by atoms with van der Waals surface area (Å²) in [6.45, 7) is 0. The molecule has 4 nitrogen and oxygen atoms in total. The van der Waals surface area contributed by atoms with Crippen molar-refractivity contribution in [3.63, 3.8) is 0 Å². The fourth-order valence-corrected chi connectivity index (χ4v) is 2.05. The Hall–Kier alpha value is -2.88. The monoisotopic (exact) mass is 265 g/mol. The zero-order valence-corrected chi connectivity index (χ0v) is 10.5. The average molecular weight is 265 g/mol. The van der Waals surface area contributed by atoms with Gasteiger partial charge >= 0.3 is 5.97 Å². The van der Waals surface area contributed by atoms with E-state index in [1.165, 1.54) is 0 Å². The second kappa shape index (κ2) is 5.01. The summed E-state index contributed by atoms with van der Waals surface area (Å²) < 4.78 is 5.72. The van der Waals surface area contributed by atoms with Crippen molar-refractivity contribution in [2.24, 2.45) is 0 Å². The number of carboxylic acid groups (broad SMARTS) is 1. The second-order valence-electron chi connectivity index (χ2n) is 4.24. The minimum Gasteiger partial charge on any atom is -0.478 e. The van der Waals surface area contributed by atoms with Crippen LogP contribution in [0.1, 0.15) is 10.4 Å². The minimum atomic E-state index is -0.965. The highest BCUT2D eigenvalue weighted by Crippen LogP contribution is 2.29. The van der Waals surface area contributed by atoms with Gasteiger partial charge in [0.1, 0.15) is 5.75 Å². The smallest absolute Gasteiger partial charge is 0.336 e. The molecule has 1 N–H and O–H groups in total.